The van der Waals surface area contributed by atoms with Crippen molar-refractivity contribution in [3.8, 4) is 0 Å². The number of thiazole rings is 1. The number of hydrogen-bond donors (Lipinski definition) is 2. The van der Waals surface area contributed by atoms with E-state index in [2.05, 4.69) is 15.3 Å². The monoisotopic (exact) mass is 416 g/mol. The molecule has 0 fully saturated rings. The first kappa shape index (κ1) is 19.1. The number of rotatable bonds is 6. The normalized spacial score (nSPS) is 13.5. The average molecular weight is 417 g/mol. The number of nitrogens with zero attached hydrogens (tertiary/aromatic N) is 3. The van der Waals surface area contributed by atoms with Crippen molar-refractivity contribution in [1.82, 2.24) is 14.5 Å². The number of aromatic nitrogens is 3. The van der Waals surface area contributed by atoms with Crippen molar-refractivity contribution < 1.29 is 9.90 Å². The quantitative estimate of drug-likeness (QED) is 0.473. The maximum atomic E-state index is 12.4. The SMILES string of the molecule is O=C(CSc1nc(=O)n(CCO)c2c1CCCC2)Nc1nc2ccccc2s1. The molecule has 7 nitrogen and oxygen atoms in total. The van der Waals surface area contributed by atoms with E-state index in [1.54, 1.807) is 4.57 Å². The zero-order valence-electron chi connectivity index (χ0n) is 15.2. The predicted molar refractivity (Wildman–Crippen MR) is 111 cm³/mol. The van der Waals surface area contributed by atoms with Gasteiger partial charge in [-0.3, -0.25) is 9.36 Å². The number of benzene rings is 1. The van der Waals surface area contributed by atoms with Crippen molar-refractivity contribution in [1.29, 1.82) is 0 Å². The van der Waals surface area contributed by atoms with Crippen molar-refractivity contribution in [2.75, 3.05) is 17.7 Å². The van der Waals surface area contributed by atoms with Crippen LogP contribution < -0.4 is 11.0 Å². The summed E-state index contributed by atoms with van der Waals surface area (Å²) in [6.45, 7) is 0.169. The van der Waals surface area contributed by atoms with Gasteiger partial charge in [0, 0.05) is 11.3 Å². The van der Waals surface area contributed by atoms with Gasteiger partial charge in [-0.05, 0) is 37.8 Å². The van der Waals surface area contributed by atoms with Gasteiger partial charge in [0.1, 0.15) is 5.03 Å². The molecule has 146 valence electrons. The molecule has 0 atom stereocenters. The Morgan fingerprint density at radius 2 is 2.07 bits per heavy atom. The van der Waals surface area contributed by atoms with Gasteiger partial charge in [0.15, 0.2) is 5.13 Å². The highest BCUT2D eigenvalue weighted by Crippen LogP contribution is 2.29. The number of para-hydroxylation sites is 1. The van der Waals surface area contributed by atoms with E-state index in [9.17, 15) is 14.7 Å². The summed E-state index contributed by atoms with van der Waals surface area (Å²) in [5.74, 6) is -0.00585. The number of fused-ring (bicyclic) bond motifs is 2. The Morgan fingerprint density at radius 3 is 2.89 bits per heavy atom. The maximum Gasteiger partial charge on any atom is 0.348 e. The lowest BCUT2D eigenvalue weighted by atomic mass is 9.97. The first-order chi connectivity index (χ1) is 13.7. The molecule has 1 amide bonds. The summed E-state index contributed by atoms with van der Waals surface area (Å²) in [6.07, 6.45) is 3.70. The molecule has 3 aromatic rings. The zero-order valence-corrected chi connectivity index (χ0v) is 16.8. The van der Waals surface area contributed by atoms with Gasteiger partial charge in [0.25, 0.3) is 0 Å². The number of aliphatic hydroxyl groups is 1. The summed E-state index contributed by atoms with van der Waals surface area (Å²) >= 11 is 2.72. The van der Waals surface area contributed by atoms with Crippen LogP contribution in [0.2, 0.25) is 0 Å². The topological polar surface area (TPSA) is 97.1 Å². The van der Waals surface area contributed by atoms with Crippen molar-refractivity contribution in [3.05, 3.63) is 46.0 Å². The van der Waals surface area contributed by atoms with Gasteiger partial charge >= 0.3 is 5.69 Å². The van der Waals surface area contributed by atoms with Crippen molar-refractivity contribution >= 4 is 44.4 Å². The highest BCUT2D eigenvalue weighted by Gasteiger charge is 2.21. The van der Waals surface area contributed by atoms with Gasteiger partial charge in [-0.2, -0.15) is 4.98 Å². The number of anilines is 1. The summed E-state index contributed by atoms with van der Waals surface area (Å²) in [7, 11) is 0. The molecule has 0 bridgehead atoms. The van der Waals surface area contributed by atoms with E-state index in [0.717, 1.165) is 47.2 Å². The van der Waals surface area contributed by atoms with Crippen LogP contribution in [0.3, 0.4) is 0 Å². The number of nitrogens with one attached hydrogen (secondary N) is 1. The number of carbonyl (C=O) groups is 1. The number of thioether (sulfide) groups is 1. The molecule has 2 N–H and O–H groups in total. The summed E-state index contributed by atoms with van der Waals surface area (Å²) in [5.41, 5.74) is 2.49. The highest BCUT2D eigenvalue weighted by atomic mass is 32.2. The van der Waals surface area contributed by atoms with Crippen LogP contribution in [-0.2, 0) is 24.2 Å². The van der Waals surface area contributed by atoms with E-state index in [4.69, 9.17) is 0 Å². The van der Waals surface area contributed by atoms with Gasteiger partial charge in [-0.15, -0.1) is 0 Å². The van der Waals surface area contributed by atoms with E-state index < -0.39 is 0 Å². The third kappa shape index (κ3) is 3.96. The number of carbonyl (C=O) groups excluding carboxylic acids is 1. The Balaban J connectivity index is 1.49. The number of hydrogen-bond acceptors (Lipinski definition) is 7. The van der Waals surface area contributed by atoms with E-state index in [1.807, 2.05) is 24.3 Å². The molecule has 0 unspecified atom stereocenters. The third-order valence-electron chi connectivity index (χ3n) is 4.65. The first-order valence-electron chi connectivity index (χ1n) is 9.17. The van der Waals surface area contributed by atoms with Gasteiger partial charge in [0.2, 0.25) is 5.91 Å². The van der Waals surface area contributed by atoms with Crippen LogP contribution in [0.1, 0.15) is 24.1 Å². The lowest BCUT2D eigenvalue weighted by molar-refractivity contribution is -0.113. The van der Waals surface area contributed by atoms with Crippen LogP contribution in [0.4, 0.5) is 5.13 Å². The molecule has 28 heavy (non-hydrogen) atoms. The maximum absolute atomic E-state index is 12.4. The van der Waals surface area contributed by atoms with Gasteiger partial charge in [0.05, 0.1) is 29.1 Å². The Morgan fingerprint density at radius 1 is 1.25 bits per heavy atom. The molecule has 0 aliphatic heterocycles. The third-order valence-corrected chi connectivity index (χ3v) is 6.62. The van der Waals surface area contributed by atoms with Gasteiger partial charge < -0.3 is 10.4 Å². The molecule has 0 radical (unpaired) electrons. The minimum absolute atomic E-state index is 0.0922. The molecule has 1 aliphatic carbocycles. The van der Waals surface area contributed by atoms with Crippen molar-refractivity contribution in [2.24, 2.45) is 0 Å². The Labute approximate surface area is 169 Å². The Kier molecular flexibility index (Phi) is 5.74. The second-order valence-electron chi connectivity index (χ2n) is 6.53. The molecule has 1 aliphatic rings. The van der Waals surface area contributed by atoms with Crippen molar-refractivity contribution in [3.63, 3.8) is 0 Å². The largest absolute Gasteiger partial charge is 0.395 e. The van der Waals surface area contributed by atoms with Gasteiger partial charge in [-0.1, -0.05) is 35.2 Å². The highest BCUT2D eigenvalue weighted by molar-refractivity contribution is 8.00. The average Bonchev–Trinajstić information content (AvgIpc) is 3.11. The van der Waals surface area contributed by atoms with Gasteiger partial charge in [-0.25, -0.2) is 9.78 Å². The van der Waals surface area contributed by atoms with Crippen LogP contribution in [0.15, 0.2) is 34.1 Å². The van der Waals surface area contributed by atoms with E-state index >= 15 is 0 Å². The zero-order chi connectivity index (χ0) is 19.5. The lowest BCUT2D eigenvalue weighted by Gasteiger charge is -2.22. The molecule has 9 heteroatoms. The van der Waals surface area contributed by atoms with E-state index in [1.165, 1.54) is 23.1 Å². The number of aliphatic hydroxyl groups excluding tert-OH is 1. The van der Waals surface area contributed by atoms with E-state index in [-0.39, 0.29) is 30.5 Å². The standard InChI is InChI=1S/C19H20N4O3S2/c24-10-9-23-14-7-3-1-5-12(14)17(22-19(23)26)27-11-16(25)21-18-20-13-6-2-4-8-15(13)28-18/h2,4,6,8,24H,1,3,5,7,9-11H2,(H,20,21,25). The minimum Gasteiger partial charge on any atom is -0.395 e. The van der Waals surface area contributed by atoms with Crippen LogP contribution >= 0.6 is 23.1 Å². The van der Waals surface area contributed by atoms with Crippen LogP contribution in [-0.4, -0.2) is 37.9 Å². The first-order valence-corrected chi connectivity index (χ1v) is 11.0. The summed E-state index contributed by atoms with van der Waals surface area (Å²) in [6, 6.07) is 7.73. The predicted octanol–water partition coefficient (Wildman–Crippen LogP) is 2.45. The second-order valence-corrected chi connectivity index (χ2v) is 8.53. The molecule has 0 spiro atoms. The summed E-state index contributed by atoms with van der Waals surface area (Å²) in [5, 5.41) is 13.3. The van der Waals surface area contributed by atoms with Crippen LogP contribution in [0.5, 0.6) is 0 Å². The fourth-order valence-corrected chi connectivity index (χ4v) is 5.17. The summed E-state index contributed by atoms with van der Waals surface area (Å²) in [4.78, 5) is 33.3. The Hall–Kier alpha value is -2.23. The fourth-order valence-electron chi connectivity index (χ4n) is 3.41. The van der Waals surface area contributed by atoms with Crippen molar-refractivity contribution in [2.45, 2.75) is 37.3 Å². The minimum atomic E-state index is -0.358. The smallest absolute Gasteiger partial charge is 0.348 e. The van der Waals surface area contributed by atoms with Crippen LogP contribution in [0.25, 0.3) is 10.2 Å². The molecule has 4 rings (SSSR count). The molecule has 2 aromatic heterocycles. The summed E-state index contributed by atoms with van der Waals surface area (Å²) < 4.78 is 2.59. The number of amides is 1. The molecular formula is C19H20N4O3S2. The molecular weight excluding hydrogens is 396 g/mol. The fraction of sp³-hybridized carbons (Fsp3) is 0.368. The lowest BCUT2D eigenvalue weighted by Crippen LogP contribution is -2.31. The second kappa shape index (κ2) is 8.42. The molecule has 0 saturated heterocycles. The molecule has 0 saturated carbocycles. The molecule has 2 heterocycles. The molecule has 1 aromatic carbocycles. The van der Waals surface area contributed by atoms with E-state index in [0.29, 0.717) is 10.2 Å². The van der Waals surface area contributed by atoms with Crippen LogP contribution in [0, 0.1) is 0 Å². The Bertz CT molecular complexity index is 1040.